The second kappa shape index (κ2) is 5.40. The molecule has 1 unspecified atom stereocenters. The van der Waals surface area contributed by atoms with Crippen LogP contribution in [0.5, 0.6) is 0 Å². The predicted octanol–water partition coefficient (Wildman–Crippen LogP) is 2.05. The van der Waals surface area contributed by atoms with Crippen molar-refractivity contribution in [2.75, 3.05) is 0 Å². The van der Waals surface area contributed by atoms with Gasteiger partial charge < -0.3 is 4.74 Å². The molecule has 1 aromatic rings. The summed E-state index contributed by atoms with van der Waals surface area (Å²) in [4.78, 5) is 0. The van der Waals surface area contributed by atoms with Crippen molar-refractivity contribution in [1.82, 2.24) is 0 Å². The Labute approximate surface area is 65.0 Å². The van der Waals surface area contributed by atoms with Crippen LogP contribution in [-0.2, 0) is 11.3 Å². The van der Waals surface area contributed by atoms with Crippen molar-refractivity contribution in [3.63, 3.8) is 0 Å². The Morgan fingerprint density at radius 1 is 1.20 bits per heavy atom. The summed E-state index contributed by atoms with van der Waals surface area (Å²) in [5.41, 5.74) is 1.16. The third-order valence-electron chi connectivity index (χ3n) is 1.11. The first-order chi connectivity index (χ1) is 4.43. The van der Waals surface area contributed by atoms with Crippen LogP contribution in [-0.4, -0.2) is 0 Å². The Bertz CT molecular complexity index is 162. The van der Waals surface area contributed by atoms with Crippen molar-refractivity contribution < 1.29 is 4.74 Å². The average Bonchev–Trinajstić information content (AvgIpc) is 1.91. The van der Waals surface area contributed by atoms with E-state index in [1.807, 2.05) is 30.3 Å². The van der Waals surface area contributed by atoms with Crippen LogP contribution in [0.25, 0.3) is 0 Å². The Hall–Kier alpha value is -0.390. The molecule has 0 heterocycles. The maximum absolute atomic E-state index is 4.68. The molecule has 0 aliphatic rings. The smallest absolute Gasteiger partial charge is 0.0718 e. The number of rotatable bonds is 2. The van der Waals surface area contributed by atoms with Crippen LogP contribution in [0.1, 0.15) is 5.56 Å². The molecule has 1 nitrogen and oxygen atoms in total. The van der Waals surface area contributed by atoms with Gasteiger partial charge in [-0.05, 0) is 5.56 Å². The van der Waals surface area contributed by atoms with Gasteiger partial charge in [0.2, 0.25) is 0 Å². The van der Waals surface area contributed by atoms with Gasteiger partial charge in [0.05, 0.1) is 13.7 Å². The van der Waals surface area contributed by atoms with Gasteiger partial charge in [0.15, 0.2) is 0 Å². The fourth-order valence-electron chi connectivity index (χ4n) is 0.692. The summed E-state index contributed by atoms with van der Waals surface area (Å²) in [6.07, 6.45) is 0. The molecule has 0 saturated carbocycles. The van der Waals surface area contributed by atoms with E-state index in [1.54, 1.807) is 0 Å². The van der Waals surface area contributed by atoms with Crippen LogP contribution < -0.4 is 0 Å². The molecule has 0 fully saturated rings. The molecule has 55 valence electrons. The molecule has 10 heavy (non-hydrogen) atoms. The fourth-order valence-corrected chi connectivity index (χ4v) is 0.692. The third-order valence-corrected chi connectivity index (χ3v) is 1.11. The Kier molecular flexibility index (Phi) is 5.19. The van der Waals surface area contributed by atoms with Crippen molar-refractivity contribution in [1.29, 1.82) is 0 Å². The lowest BCUT2D eigenvalue weighted by atomic mass is 10.2. The van der Waals surface area contributed by atoms with Crippen LogP contribution in [0, 0.1) is 7.11 Å². The summed E-state index contributed by atoms with van der Waals surface area (Å²) in [6, 6.07) is 9.95. The first-order valence-electron chi connectivity index (χ1n) is 2.84. The first-order valence-corrected chi connectivity index (χ1v) is 2.84. The fraction of sp³-hybridized carbons (Fsp3) is 0.125. The minimum absolute atomic E-state index is 0. The SMILES string of the molecule is P.[CH2]OCc1ccccc1. The summed E-state index contributed by atoms with van der Waals surface area (Å²) in [7, 11) is 3.28. The number of ether oxygens (including phenoxy) is 1. The molecule has 0 saturated heterocycles. The first kappa shape index (κ1) is 9.61. The standard InChI is InChI=1S/C8H9O.H3P/c1-9-7-8-5-3-2-4-6-8;/h2-6H,1,7H2;1H3. The maximum atomic E-state index is 4.68. The molecule has 1 aromatic carbocycles. The van der Waals surface area contributed by atoms with Gasteiger partial charge in [-0.1, -0.05) is 30.3 Å². The Morgan fingerprint density at radius 3 is 2.30 bits per heavy atom. The quantitative estimate of drug-likeness (QED) is 0.594. The lowest BCUT2D eigenvalue weighted by Gasteiger charge is -1.95. The van der Waals surface area contributed by atoms with Crippen LogP contribution in [0.2, 0.25) is 0 Å². The maximum Gasteiger partial charge on any atom is 0.0718 e. The summed E-state index contributed by atoms with van der Waals surface area (Å²) < 4.78 is 4.68. The highest BCUT2D eigenvalue weighted by atomic mass is 31.0. The van der Waals surface area contributed by atoms with Gasteiger partial charge in [-0.3, -0.25) is 0 Å². The number of hydrogen-bond donors (Lipinski definition) is 0. The number of hydrogen-bond acceptors (Lipinski definition) is 1. The molecule has 1 radical (unpaired) electrons. The minimum Gasteiger partial charge on any atom is -0.374 e. The van der Waals surface area contributed by atoms with Gasteiger partial charge >= 0.3 is 0 Å². The summed E-state index contributed by atoms with van der Waals surface area (Å²) in [5, 5.41) is 0. The molecule has 1 rings (SSSR count). The molecule has 0 bridgehead atoms. The number of benzene rings is 1. The highest BCUT2D eigenvalue weighted by Gasteiger charge is 1.84. The van der Waals surface area contributed by atoms with Crippen molar-refractivity contribution in [3.05, 3.63) is 43.0 Å². The average molecular weight is 155 g/mol. The molecule has 0 N–H and O–H groups in total. The van der Waals surface area contributed by atoms with E-state index in [0.29, 0.717) is 6.61 Å². The summed E-state index contributed by atoms with van der Waals surface area (Å²) in [5.74, 6) is 0. The van der Waals surface area contributed by atoms with Gasteiger partial charge in [-0.2, -0.15) is 9.90 Å². The summed E-state index contributed by atoms with van der Waals surface area (Å²) >= 11 is 0. The molecule has 0 aliphatic carbocycles. The Morgan fingerprint density at radius 2 is 1.80 bits per heavy atom. The van der Waals surface area contributed by atoms with E-state index < -0.39 is 0 Å². The van der Waals surface area contributed by atoms with Crippen LogP contribution in [0.4, 0.5) is 0 Å². The van der Waals surface area contributed by atoms with Crippen molar-refractivity contribution in [2.24, 2.45) is 0 Å². The molecule has 0 aromatic heterocycles. The van der Waals surface area contributed by atoms with Gasteiger partial charge in [-0.25, -0.2) is 0 Å². The lowest BCUT2D eigenvalue weighted by molar-refractivity contribution is 0.229. The third kappa shape index (κ3) is 2.95. The van der Waals surface area contributed by atoms with E-state index in [1.165, 1.54) is 0 Å². The van der Waals surface area contributed by atoms with E-state index in [2.05, 4.69) is 11.8 Å². The molecular weight excluding hydrogens is 143 g/mol. The van der Waals surface area contributed by atoms with E-state index in [9.17, 15) is 0 Å². The largest absolute Gasteiger partial charge is 0.374 e. The van der Waals surface area contributed by atoms with E-state index >= 15 is 0 Å². The van der Waals surface area contributed by atoms with E-state index in [0.717, 1.165) is 5.56 Å². The molecule has 1 atom stereocenters. The minimum atomic E-state index is 0. The predicted molar refractivity (Wildman–Crippen MR) is 47.7 cm³/mol. The second-order valence-corrected chi connectivity index (χ2v) is 1.83. The normalized spacial score (nSPS) is 8.50. The van der Waals surface area contributed by atoms with Crippen molar-refractivity contribution in [2.45, 2.75) is 6.61 Å². The zero-order valence-electron chi connectivity index (χ0n) is 5.92. The second-order valence-electron chi connectivity index (χ2n) is 1.83. The Balaban J connectivity index is 0.000000810. The van der Waals surface area contributed by atoms with Gasteiger partial charge in [0.25, 0.3) is 0 Å². The summed E-state index contributed by atoms with van der Waals surface area (Å²) in [6.45, 7) is 0.598. The molecular formula is C8H12OP. The molecule has 0 amide bonds. The highest BCUT2D eigenvalue weighted by molar-refractivity contribution is 6.92. The van der Waals surface area contributed by atoms with Crippen molar-refractivity contribution >= 4 is 9.90 Å². The van der Waals surface area contributed by atoms with E-state index in [4.69, 9.17) is 0 Å². The zero-order chi connectivity index (χ0) is 6.53. The van der Waals surface area contributed by atoms with Gasteiger partial charge in [-0.15, -0.1) is 0 Å². The molecule has 0 spiro atoms. The lowest BCUT2D eigenvalue weighted by Crippen LogP contribution is -1.82. The monoisotopic (exact) mass is 155 g/mol. The highest BCUT2D eigenvalue weighted by Crippen LogP contribution is 1.98. The van der Waals surface area contributed by atoms with E-state index in [-0.39, 0.29) is 9.90 Å². The molecule has 2 heteroatoms. The van der Waals surface area contributed by atoms with Gasteiger partial charge in [0.1, 0.15) is 0 Å². The van der Waals surface area contributed by atoms with Crippen LogP contribution >= 0.6 is 9.90 Å². The van der Waals surface area contributed by atoms with Crippen molar-refractivity contribution in [3.8, 4) is 0 Å². The molecule has 0 aliphatic heterocycles. The topological polar surface area (TPSA) is 9.23 Å². The van der Waals surface area contributed by atoms with Crippen LogP contribution in [0.3, 0.4) is 0 Å². The van der Waals surface area contributed by atoms with Crippen LogP contribution in [0.15, 0.2) is 30.3 Å². The van der Waals surface area contributed by atoms with Gasteiger partial charge in [0, 0.05) is 0 Å². The zero-order valence-corrected chi connectivity index (χ0v) is 7.33.